The van der Waals surface area contributed by atoms with Gasteiger partial charge in [-0.2, -0.15) is 5.10 Å². The number of aliphatic hydroxyl groups is 2. The van der Waals surface area contributed by atoms with E-state index in [9.17, 15) is 15.0 Å². The van der Waals surface area contributed by atoms with Gasteiger partial charge in [-0.15, -0.1) is 0 Å². The molecule has 192 valence electrons. The van der Waals surface area contributed by atoms with Crippen LogP contribution < -0.4 is 5.32 Å². The number of likely N-dealkylation sites (tertiary alicyclic amines) is 1. The Morgan fingerprint density at radius 3 is 2.59 bits per heavy atom. The lowest BCUT2D eigenvalue weighted by Crippen LogP contribution is -2.35. The molecule has 0 radical (unpaired) electrons. The average Bonchev–Trinajstić information content (AvgIpc) is 3.56. The van der Waals surface area contributed by atoms with Crippen LogP contribution in [0.25, 0.3) is 22.8 Å². The number of likely N-dealkylation sites (N-methyl/N-ethyl adjacent to an activating group) is 1. The van der Waals surface area contributed by atoms with E-state index >= 15 is 0 Å². The minimum Gasteiger partial charge on any atom is -0.389 e. The summed E-state index contributed by atoms with van der Waals surface area (Å²) in [5, 5.41) is 32.5. The van der Waals surface area contributed by atoms with Crippen molar-refractivity contribution in [1.82, 2.24) is 34.8 Å². The Morgan fingerprint density at radius 2 is 1.89 bits per heavy atom. The second-order valence-corrected chi connectivity index (χ2v) is 9.83. The fraction of sp³-hybridized carbons (Fsp3) is 0.360. The summed E-state index contributed by atoms with van der Waals surface area (Å²) >= 11 is 0. The molecule has 12 heteroatoms. The molecule has 3 N–H and O–H groups in total. The van der Waals surface area contributed by atoms with E-state index in [0.717, 1.165) is 11.4 Å². The Labute approximate surface area is 213 Å². The number of pyridine rings is 1. The number of hydrogen-bond donors (Lipinski definition) is 3. The van der Waals surface area contributed by atoms with Crippen molar-refractivity contribution >= 4 is 17.5 Å². The van der Waals surface area contributed by atoms with Gasteiger partial charge in [-0.05, 0) is 39.0 Å². The second kappa shape index (κ2) is 9.05. The maximum Gasteiger partial charge on any atom is 0.262 e. The van der Waals surface area contributed by atoms with E-state index in [-0.39, 0.29) is 12.2 Å². The summed E-state index contributed by atoms with van der Waals surface area (Å²) in [7, 11) is 1.64. The summed E-state index contributed by atoms with van der Waals surface area (Å²) in [5.41, 5.74) is 1.01. The summed E-state index contributed by atoms with van der Waals surface area (Å²) in [6, 6.07) is 8.68. The van der Waals surface area contributed by atoms with Gasteiger partial charge in [-0.3, -0.25) is 9.48 Å². The van der Waals surface area contributed by atoms with Crippen LogP contribution in [-0.2, 0) is 16.9 Å². The van der Waals surface area contributed by atoms with Gasteiger partial charge in [0.25, 0.3) is 5.91 Å². The van der Waals surface area contributed by atoms with Crippen molar-refractivity contribution in [3.05, 3.63) is 54.2 Å². The van der Waals surface area contributed by atoms with Crippen molar-refractivity contribution in [1.29, 1.82) is 0 Å². The lowest BCUT2D eigenvalue weighted by atomic mass is 9.98. The Kier molecular flexibility index (Phi) is 6.00. The number of nitrogens with one attached hydrogen (secondary N) is 1. The Morgan fingerprint density at radius 1 is 1.16 bits per heavy atom. The first-order valence-corrected chi connectivity index (χ1v) is 11.8. The minimum absolute atomic E-state index is 0.0954. The molecule has 4 aromatic rings. The summed E-state index contributed by atoms with van der Waals surface area (Å²) in [6.07, 6.45) is 3.53. The zero-order valence-electron chi connectivity index (χ0n) is 21.0. The van der Waals surface area contributed by atoms with Crippen LogP contribution in [0.3, 0.4) is 0 Å². The summed E-state index contributed by atoms with van der Waals surface area (Å²) < 4.78 is 7.07. The van der Waals surface area contributed by atoms with Gasteiger partial charge in [0.1, 0.15) is 5.69 Å². The van der Waals surface area contributed by atoms with Crippen LogP contribution in [0.1, 0.15) is 31.7 Å². The third-order valence-electron chi connectivity index (χ3n) is 6.24. The van der Waals surface area contributed by atoms with Gasteiger partial charge in [0.2, 0.25) is 11.5 Å². The Bertz CT molecular complexity index is 1460. The van der Waals surface area contributed by atoms with E-state index in [0.29, 0.717) is 41.8 Å². The second-order valence-electron chi connectivity index (χ2n) is 9.83. The molecule has 1 fully saturated rings. The molecule has 1 saturated heterocycles. The van der Waals surface area contributed by atoms with Gasteiger partial charge < -0.3 is 25.0 Å². The predicted octanol–water partition coefficient (Wildman–Crippen LogP) is 2.26. The van der Waals surface area contributed by atoms with E-state index < -0.39 is 17.1 Å². The lowest BCUT2D eigenvalue weighted by molar-refractivity contribution is -0.144. The molecule has 1 unspecified atom stereocenters. The normalized spacial score (nSPS) is 18.0. The molecule has 4 aromatic heterocycles. The van der Waals surface area contributed by atoms with Gasteiger partial charge >= 0.3 is 0 Å². The molecular formula is C25H28N8O4. The molecule has 0 bridgehead atoms. The zero-order chi connectivity index (χ0) is 26.4. The number of hydrogen-bond acceptors (Lipinski definition) is 10. The molecule has 5 rings (SSSR count). The van der Waals surface area contributed by atoms with E-state index in [1.807, 2.05) is 19.1 Å². The number of anilines is 2. The van der Waals surface area contributed by atoms with Gasteiger partial charge in [0.05, 0.1) is 46.8 Å². The minimum atomic E-state index is -1.72. The van der Waals surface area contributed by atoms with Crippen molar-refractivity contribution in [2.45, 2.75) is 44.9 Å². The van der Waals surface area contributed by atoms with E-state index in [1.165, 1.54) is 4.90 Å². The predicted molar refractivity (Wildman–Crippen MR) is 133 cm³/mol. The first kappa shape index (κ1) is 24.5. The van der Waals surface area contributed by atoms with Gasteiger partial charge in [0.15, 0.2) is 5.76 Å². The van der Waals surface area contributed by atoms with Crippen LogP contribution in [0.15, 0.2) is 47.2 Å². The molecule has 5 heterocycles. The molecule has 12 nitrogen and oxygen atoms in total. The topological polar surface area (TPSA) is 155 Å². The third kappa shape index (κ3) is 4.80. The number of rotatable bonds is 7. The third-order valence-corrected chi connectivity index (χ3v) is 6.24. The van der Waals surface area contributed by atoms with Gasteiger partial charge in [-0.1, -0.05) is 11.2 Å². The number of aromatic nitrogens is 6. The molecule has 1 aliphatic rings. The summed E-state index contributed by atoms with van der Waals surface area (Å²) in [5.74, 6) is 0.0438. The molecule has 0 spiro atoms. The van der Waals surface area contributed by atoms with E-state index in [2.05, 4.69) is 30.5 Å². The maximum atomic E-state index is 12.4. The fourth-order valence-corrected chi connectivity index (χ4v) is 4.17. The first-order chi connectivity index (χ1) is 17.5. The highest BCUT2D eigenvalue weighted by atomic mass is 16.5. The Balaban J connectivity index is 1.38. The van der Waals surface area contributed by atoms with Crippen molar-refractivity contribution < 1.29 is 19.5 Å². The van der Waals surface area contributed by atoms with Crippen LogP contribution in [-0.4, -0.2) is 70.1 Å². The SMILES string of the molecule is Cc1c(Nc2nccc(-c3cccc(-c4cc(C5(O)CCN(C)C5=O)on4)n3)n2)cnn1CC(C)(C)O. The standard InChI is InChI=1S/C25H28N8O4/c1-15-20(13-27-33(15)14-24(2,3)35)30-23-26-10-8-18(29-23)16-6-5-7-17(28-16)19-12-21(37-31-19)25(36)9-11-32(4)22(25)34/h5-8,10,12-13,35-36H,9,11,14H2,1-4H3,(H,26,29,30). The molecule has 0 aromatic carbocycles. The van der Waals surface area contributed by atoms with Crippen LogP contribution >= 0.6 is 0 Å². The number of carbonyl (C=O) groups excluding carboxylic acids is 1. The monoisotopic (exact) mass is 504 g/mol. The highest BCUT2D eigenvalue weighted by molar-refractivity contribution is 5.87. The van der Waals surface area contributed by atoms with Crippen LogP contribution in [0.2, 0.25) is 0 Å². The van der Waals surface area contributed by atoms with Crippen LogP contribution in [0, 0.1) is 6.92 Å². The van der Waals surface area contributed by atoms with E-state index in [4.69, 9.17) is 4.52 Å². The molecule has 1 atom stereocenters. The molecule has 0 aliphatic carbocycles. The highest BCUT2D eigenvalue weighted by Gasteiger charge is 2.48. The van der Waals surface area contributed by atoms with Crippen LogP contribution in [0.4, 0.5) is 11.6 Å². The van der Waals surface area contributed by atoms with Gasteiger partial charge in [0, 0.05) is 32.3 Å². The van der Waals surface area contributed by atoms with Gasteiger partial charge in [-0.25, -0.2) is 15.0 Å². The molecule has 0 saturated carbocycles. The quantitative estimate of drug-likeness (QED) is 0.341. The van der Waals surface area contributed by atoms with Crippen molar-refractivity contribution in [3.8, 4) is 22.8 Å². The molecule has 1 amide bonds. The van der Waals surface area contributed by atoms with E-state index in [1.54, 1.807) is 56.2 Å². The van der Waals surface area contributed by atoms with Crippen molar-refractivity contribution in [3.63, 3.8) is 0 Å². The number of amides is 1. The molecule has 37 heavy (non-hydrogen) atoms. The first-order valence-electron chi connectivity index (χ1n) is 11.8. The maximum absolute atomic E-state index is 12.4. The lowest BCUT2D eigenvalue weighted by Gasteiger charge is -2.18. The Hall–Kier alpha value is -4.16. The zero-order valence-corrected chi connectivity index (χ0v) is 21.0. The molecule has 1 aliphatic heterocycles. The highest BCUT2D eigenvalue weighted by Crippen LogP contribution is 2.34. The number of nitrogens with zero attached hydrogens (tertiary/aromatic N) is 7. The summed E-state index contributed by atoms with van der Waals surface area (Å²) in [6.45, 7) is 6.13. The number of carbonyl (C=O) groups is 1. The van der Waals surface area contributed by atoms with Crippen LogP contribution in [0.5, 0.6) is 0 Å². The largest absolute Gasteiger partial charge is 0.389 e. The summed E-state index contributed by atoms with van der Waals surface area (Å²) in [4.78, 5) is 27.4. The van der Waals surface area contributed by atoms with Crippen molar-refractivity contribution in [2.24, 2.45) is 0 Å². The fourth-order valence-electron chi connectivity index (χ4n) is 4.17. The van der Waals surface area contributed by atoms with Crippen molar-refractivity contribution in [2.75, 3.05) is 18.9 Å². The smallest absolute Gasteiger partial charge is 0.262 e. The molecular weight excluding hydrogens is 476 g/mol. The average molecular weight is 505 g/mol.